The van der Waals surface area contributed by atoms with Crippen molar-refractivity contribution in [3.8, 4) is 0 Å². The van der Waals surface area contributed by atoms with Gasteiger partial charge in [0.15, 0.2) is 0 Å². The van der Waals surface area contributed by atoms with Crippen LogP contribution >= 0.6 is 0 Å². The third kappa shape index (κ3) is 4.86. The van der Waals surface area contributed by atoms with Gasteiger partial charge in [-0.25, -0.2) is 4.39 Å². The Bertz CT molecular complexity index is 649. The molecular weight excluding hydrogens is 377 g/mol. The van der Waals surface area contributed by atoms with E-state index in [9.17, 15) is 14.6 Å². The highest BCUT2D eigenvalue weighted by Gasteiger charge is 2.50. The van der Waals surface area contributed by atoms with E-state index in [0.717, 1.165) is 25.4 Å². The number of likely N-dealkylation sites (tertiary alicyclic amines) is 1. The molecule has 0 bridgehead atoms. The number of alkyl halides is 1. The van der Waals surface area contributed by atoms with Crippen molar-refractivity contribution in [3.05, 3.63) is 23.3 Å². The van der Waals surface area contributed by atoms with Crippen molar-refractivity contribution in [1.82, 2.24) is 4.90 Å². The zero-order valence-corrected chi connectivity index (χ0v) is 19.0. The van der Waals surface area contributed by atoms with Gasteiger partial charge in [0.05, 0.1) is 12.2 Å². The minimum atomic E-state index is -0.611. The topological polar surface area (TPSA) is 43.7 Å². The molecule has 4 aliphatic rings. The number of aliphatic hydroxyl groups excluding tert-OH is 2. The van der Waals surface area contributed by atoms with Crippen molar-refractivity contribution in [2.75, 3.05) is 19.6 Å². The highest BCUT2D eigenvalue weighted by atomic mass is 19.1. The third-order valence-electron chi connectivity index (χ3n) is 8.91. The van der Waals surface area contributed by atoms with Crippen molar-refractivity contribution in [3.63, 3.8) is 0 Å². The number of halogens is 1. The lowest BCUT2D eigenvalue weighted by atomic mass is 9.61. The summed E-state index contributed by atoms with van der Waals surface area (Å²) in [5, 5.41) is 19.9. The summed E-state index contributed by atoms with van der Waals surface area (Å²) in [6.45, 7) is 7.60. The molecule has 0 aromatic carbocycles. The first kappa shape index (κ1) is 22.5. The molecule has 7 atom stereocenters. The molecule has 0 amide bonds. The molecule has 3 nitrogen and oxygen atoms in total. The second kappa shape index (κ2) is 9.42. The quantitative estimate of drug-likeness (QED) is 0.657. The van der Waals surface area contributed by atoms with Crippen molar-refractivity contribution in [2.24, 2.45) is 23.2 Å². The van der Waals surface area contributed by atoms with Crippen molar-refractivity contribution in [1.29, 1.82) is 0 Å². The fourth-order valence-corrected chi connectivity index (χ4v) is 7.32. The minimum Gasteiger partial charge on any atom is -0.393 e. The van der Waals surface area contributed by atoms with Crippen molar-refractivity contribution < 1.29 is 14.6 Å². The molecule has 3 aliphatic carbocycles. The van der Waals surface area contributed by atoms with Crippen LogP contribution in [0.2, 0.25) is 0 Å². The predicted molar refractivity (Wildman–Crippen MR) is 120 cm³/mol. The summed E-state index contributed by atoms with van der Waals surface area (Å²) in [5.41, 5.74) is 3.18. The van der Waals surface area contributed by atoms with Gasteiger partial charge in [0, 0.05) is 13.1 Å². The molecule has 2 N–H and O–H groups in total. The van der Waals surface area contributed by atoms with Gasteiger partial charge in [0.1, 0.15) is 6.17 Å². The number of rotatable bonds is 5. The first-order valence-corrected chi connectivity index (χ1v) is 12.5. The molecular formula is C26H42FNO2. The minimum absolute atomic E-state index is 0.390. The molecule has 0 radical (unpaired) electrons. The first-order chi connectivity index (χ1) is 14.3. The SMILES string of the molecule is CC(CCN1CC[C@H](F)C1)[C@H]1CC[C@H]2/C(=C/C=C3C[C@@H](O)C[C@H](O)C3)CCC[C@]12C. The van der Waals surface area contributed by atoms with Crippen LogP contribution < -0.4 is 0 Å². The van der Waals surface area contributed by atoms with Crippen LogP contribution in [0.15, 0.2) is 23.3 Å². The zero-order chi connectivity index (χ0) is 21.3. The molecule has 30 heavy (non-hydrogen) atoms. The largest absolute Gasteiger partial charge is 0.393 e. The number of hydrogen-bond acceptors (Lipinski definition) is 3. The zero-order valence-electron chi connectivity index (χ0n) is 19.0. The molecule has 1 heterocycles. The van der Waals surface area contributed by atoms with Gasteiger partial charge >= 0.3 is 0 Å². The van der Waals surface area contributed by atoms with E-state index >= 15 is 0 Å². The summed E-state index contributed by atoms with van der Waals surface area (Å²) in [5.74, 6) is 2.14. The Morgan fingerprint density at radius 2 is 1.93 bits per heavy atom. The Morgan fingerprint density at radius 3 is 2.63 bits per heavy atom. The fraction of sp³-hybridized carbons (Fsp3) is 0.846. The van der Waals surface area contributed by atoms with Gasteiger partial charge in [-0.05, 0) is 93.9 Å². The van der Waals surface area contributed by atoms with E-state index in [1.807, 2.05) is 0 Å². The van der Waals surface area contributed by atoms with Gasteiger partial charge in [-0.3, -0.25) is 0 Å². The van der Waals surface area contributed by atoms with Crippen molar-refractivity contribution >= 4 is 0 Å². The number of allylic oxidation sites excluding steroid dienone is 3. The van der Waals surface area contributed by atoms with Crippen LogP contribution in [0.5, 0.6) is 0 Å². The van der Waals surface area contributed by atoms with Crippen LogP contribution in [0.1, 0.15) is 78.1 Å². The Labute approximate surface area is 182 Å². The molecule has 0 spiro atoms. The van der Waals surface area contributed by atoms with Crippen molar-refractivity contribution in [2.45, 2.75) is 96.4 Å². The number of aliphatic hydroxyl groups is 2. The Hall–Kier alpha value is -0.710. The summed E-state index contributed by atoms with van der Waals surface area (Å²) in [6.07, 6.45) is 13.4. The maximum Gasteiger partial charge on any atom is 0.114 e. The molecule has 4 heteroatoms. The van der Waals surface area contributed by atoms with E-state index in [1.165, 1.54) is 44.1 Å². The average molecular weight is 420 g/mol. The van der Waals surface area contributed by atoms with E-state index in [-0.39, 0.29) is 0 Å². The van der Waals surface area contributed by atoms with E-state index in [1.54, 1.807) is 5.57 Å². The Morgan fingerprint density at radius 1 is 1.17 bits per heavy atom. The molecule has 0 aromatic heterocycles. The second-order valence-corrected chi connectivity index (χ2v) is 11.1. The van der Waals surface area contributed by atoms with Crippen LogP contribution in [0.3, 0.4) is 0 Å². The first-order valence-electron chi connectivity index (χ1n) is 12.5. The second-order valence-electron chi connectivity index (χ2n) is 11.1. The lowest BCUT2D eigenvalue weighted by Gasteiger charge is -2.44. The molecule has 1 saturated heterocycles. The van der Waals surface area contributed by atoms with Gasteiger partial charge in [-0.2, -0.15) is 0 Å². The maximum atomic E-state index is 13.5. The highest BCUT2D eigenvalue weighted by Crippen LogP contribution is 2.59. The third-order valence-corrected chi connectivity index (χ3v) is 8.91. The molecule has 0 aromatic rings. The average Bonchev–Trinajstić information content (AvgIpc) is 3.26. The molecule has 1 aliphatic heterocycles. The lowest BCUT2D eigenvalue weighted by Crippen LogP contribution is -2.37. The number of hydrogen-bond donors (Lipinski definition) is 2. The predicted octanol–water partition coefficient (Wildman–Crippen LogP) is 5.03. The number of nitrogens with zero attached hydrogens (tertiary/aromatic N) is 1. The van der Waals surface area contributed by atoms with E-state index in [4.69, 9.17) is 0 Å². The molecule has 4 fully saturated rings. The van der Waals surface area contributed by atoms with Gasteiger partial charge in [-0.15, -0.1) is 0 Å². The van der Waals surface area contributed by atoms with Gasteiger partial charge in [0.25, 0.3) is 0 Å². The van der Waals surface area contributed by atoms with E-state index < -0.39 is 18.4 Å². The maximum absolute atomic E-state index is 13.5. The lowest BCUT2D eigenvalue weighted by molar-refractivity contribution is 0.0609. The summed E-state index contributed by atoms with van der Waals surface area (Å²) < 4.78 is 13.5. The molecule has 3 saturated carbocycles. The number of fused-ring (bicyclic) bond motifs is 1. The smallest absolute Gasteiger partial charge is 0.114 e. The van der Waals surface area contributed by atoms with Crippen LogP contribution in [0.25, 0.3) is 0 Å². The van der Waals surface area contributed by atoms with Gasteiger partial charge in [-0.1, -0.05) is 37.1 Å². The summed E-state index contributed by atoms with van der Waals surface area (Å²) in [4.78, 5) is 2.32. The van der Waals surface area contributed by atoms with Crippen LogP contribution in [-0.4, -0.2) is 53.1 Å². The molecule has 4 rings (SSSR count). The van der Waals surface area contributed by atoms with Gasteiger partial charge in [0.2, 0.25) is 0 Å². The van der Waals surface area contributed by atoms with E-state index in [0.29, 0.717) is 43.1 Å². The summed E-state index contributed by atoms with van der Waals surface area (Å²) in [7, 11) is 0. The fourth-order valence-electron chi connectivity index (χ4n) is 7.32. The summed E-state index contributed by atoms with van der Waals surface area (Å²) in [6, 6.07) is 0. The Balaban J connectivity index is 1.40. The van der Waals surface area contributed by atoms with E-state index in [2.05, 4.69) is 30.9 Å². The molecule has 170 valence electrons. The van der Waals surface area contributed by atoms with Crippen LogP contribution in [-0.2, 0) is 0 Å². The Kier molecular flexibility index (Phi) is 7.06. The van der Waals surface area contributed by atoms with Crippen LogP contribution in [0.4, 0.5) is 4.39 Å². The monoisotopic (exact) mass is 419 g/mol. The standard InChI is InChI=1S/C26H42FNO2/c1-18(9-12-28-13-10-21(27)17-28)24-7-8-25-20(4-3-11-26(24,25)2)6-5-19-14-22(29)16-23(30)15-19/h5-6,18,21-25,29-30H,3-4,7-17H2,1-2H3/b20-6+/t18?,21-,22+,23+,24+,25-,26+/m0/s1. The normalized spacial score (nSPS) is 42.5. The highest BCUT2D eigenvalue weighted by molar-refractivity contribution is 5.26. The molecule has 1 unspecified atom stereocenters. The van der Waals surface area contributed by atoms with Gasteiger partial charge < -0.3 is 15.1 Å². The van der Waals surface area contributed by atoms with Crippen LogP contribution in [0, 0.1) is 23.2 Å². The summed E-state index contributed by atoms with van der Waals surface area (Å²) >= 11 is 0.